The third-order valence-electron chi connectivity index (χ3n) is 2.44. The van der Waals surface area contributed by atoms with E-state index in [0.29, 0.717) is 0 Å². The molecule has 0 bridgehead atoms. The van der Waals surface area contributed by atoms with Crippen molar-refractivity contribution in [3.05, 3.63) is 41.5 Å². The van der Waals surface area contributed by atoms with E-state index in [9.17, 15) is 0 Å². The van der Waals surface area contributed by atoms with Crippen LogP contribution >= 0.6 is 12.4 Å². The molecule has 0 unspecified atom stereocenters. The molecule has 90 valence electrons. The second kappa shape index (κ2) is 6.56. The van der Waals surface area contributed by atoms with Crippen molar-refractivity contribution < 1.29 is 4.74 Å². The molecule has 0 spiro atoms. The maximum absolute atomic E-state index is 6.09. The maximum atomic E-state index is 6.09. The smallest absolute Gasteiger partial charge is 0.119 e. The van der Waals surface area contributed by atoms with Crippen molar-refractivity contribution in [3.63, 3.8) is 0 Å². The van der Waals surface area contributed by atoms with Crippen molar-refractivity contribution in [1.29, 1.82) is 0 Å². The average Bonchev–Trinajstić information content (AvgIpc) is 2.16. The van der Waals surface area contributed by atoms with E-state index in [1.807, 2.05) is 25.1 Å². The van der Waals surface area contributed by atoms with E-state index in [0.717, 1.165) is 17.7 Å². The summed E-state index contributed by atoms with van der Waals surface area (Å²) < 4.78 is 5.15. The van der Waals surface area contributed by atoms with E-state index in [2.05, 4.69) is 13.5 Å². The summed E-state index contributed by atoms with van der Waals surface area (Å²) in [6, 6.07) is 6.02. The van der Waals surface area contributed by atoms with Gasteiger partial charge in [-0.2, -0.15) is 0 Å². The van der Waals surface area contributed by atoms with E-state index < -0.39 is 0 Å². The highest BCUT2D eigenvalue weighted by Crippen LogP contribution is 2.24. The van der Waals surface area contributed by atoms with E-state index in [4.69, 9.17) is 10.5 Å². The van der Waals surface area contributed by atoms with Crippen LogP contribution in [0.1, 0.15) is 30.5 Å². The number of nitrogens with two attached hydrogens (primary N) is 1. The van der Waals surface area contributed by atoms with Crippen molar-refractivity contribution >= 4 is 12.4 Å². The summed E-state index contributed by atoms with van der Waals surface area (Å²) in [7, 11) is 1.67. The van der Waals surface area contributed by atoms with Gasteiger partial charge in [0.05, 0.1) is 7.11 Å². The molecule has 0 heterocycles. The molecule has 0 amide bonds. The van der Waals surface area contributed by atoms with Gasteiger partial charge in [0.2, 0.25) is 0 Å². The molecule has 0 saturated carbocycles. The Hall–Kier alpha value is -0.990. The highest BCUT2D eigenvalue weighted by Gasteiger charge is 2.09. The van der Waals surface area contributed by atoms with Crippen LogP contribution in [0.3, 0.4) is 0 Å². The van der Waals surface area contributed by atoms with Gasteiger partial charge in [-0.15, -0.1) is 19.0 Å². The molecule has 0 aliphatic rings. The fourth-order valence-corrected chi connectivity index (χ4v) is 1.68. The summed E-state index contributed by atoms with van der Waals surface area (Å²) in [6.45, 7) is 7.93. The van der Waals surface area contributed by atoms with Gasteiger partial charge < -0.3 is 10.5 Å². The topological polar surface area (TPSA) is 35.2 Å². The molecule has 1 aromatic carbocycles. The van der Waals surface area contributed by atoms with Crippen LogP contribution in [-0.2, 0) is 0 Å². The predicted molar refractivity (Wildman–Crippen MR) is 71.3 cm³/mol. The summed E-state index contributed by atoms with van der Waals surface area (Å²) in [5, 5.41) is 0. The molecule has 0 radical (unpaired) electrons. The minimum atomic E-state index is 0. The van der Waals surface area contributed by atoms with E-state index >= 15 is 0 Å². The monoisotopic (exact) mass is 241 g/mol. The predicted octanol–water partition coefficient (Wildman–Crippen LogP) is 3.39. The zero-order valence-corrected chi connectivity index (χ0v) is 10.9. The Bertz CT molecular complexity index is 363. The lowest BCUT2D eigenvalue weighted by Gasteiger charge is -2.15. The zero-order chi connectivity index (χ0) is 11.4. The molecule has 1 atom stereocenters. The minimum absolute atomic E-state index is 0. The van der Waals surface area contributed by atoms with Crippen molar-refractivity contribution in [2.24, 2.45) is 5.73 Å². The molecule has 0 aliphatic carbocycles. The first kappa shape index (κ1) is 15.0. The fourth-order valence-electron chi connectivity index (χ4n) is 1.68. The van der Waals surface area contributed by atoms with Gasteiger partial charge in [-0.1, -0.05) is 11.6 Å². The average molecular weight is 242 g/mol. The molecule has 16 heavy (non-hydrogen) atoms. The summed E-state index contributed by atoms with van der Waals surface area (Å²) >= 11 is 0. The molecule has 3 heteroatoms. The van der Waals surface area contributed by atoms with Gasteiger partial charge in [0.25, 0.3) is 0 Å². The van der Waals surface area contributed by atoms with Gasteiger partial charge in [0.15, 0.2) is 0 Å². The highest BCUT2D eigenvalue weighted by atomic mass is 35.5. The zero-order valence-electron chi connectivity index (χ0n) is 10.1. The highest BCUT2D eigenvalue weighted by molar-refractivity contribution is 5.85. The number of hydrogen-bond donors (Lipinski definition) is 1. The summed E-state index contributed by atoms with van der Waals surface area (Å²) in [5.41, 5.74) is 9.53. The molecule has 0 fully saturated rings. The Morgan fingerprint density at radius 2 is 2.12 bits per heavy atom. The molecular weight excluding hydrogens is 222 g/mol. The molecular formula is C13H20ClNO. The number of ether oxygens (including phenoxy) is 1. The summed E-state index contributed by atoms with van der Waals surface area (Å²) in [5.74, 6) is 0.874. The quantitative estimate of drug-likeness (QED) is 0.821. The van der Waals surface area contributed by atoms with E-state index in [1.165, 1.54) is 11.1 Å². The number of rotatable bonds is 4. The Labute approximate surface area is 104 Å². The SMILES string of the molecule is C=C(C)C[C@@H](N)c1ccc(OC)cc1C.Cl. The molecule has 1 aromatic rings. The second-order valence-corrected chi connectivity index (χ2v) is 3.99. The lowest BCUT2D eigenvalue weighted by Crippen LogP contribution is -2.11. The first-order valence-corrected chi connectivity index (χ1v) is 5.09. The second-order valence-electron chi connectivity index (χ2n) is 3.99. The van der Waals surface area contributed by atoms with Gasteiger partial charge in [-0.3, -0.25) is 0 Å². The standard InChI is InChI=1S/C13H19NO.ClH/c1-9(2)7-13(14)12-6-5-11(15-4)8-10(12)3;/h5-6,8,13H,1,7,14H2,2-4H3;1H/t13-;/m1./s1. The van der Waals surface area contributed by atoms with Gasteiger partial charge >= 0.3 is 0 Å². The van der Waals surface area contributed by atoms with Gasteiger partial charge in [-0.25, -0.2) is 0 Å². The maximum Gasteiger partial charge on any atom is 0.119 e. The normalized spacial score (nSPS) is 11.5. The lowest BCUT2D eigenvalue weighted by atomic mass is 9.97. The van der Waals surface area contributed by atoms with E-state index in [-0.39, 0.29) is 18.4 Å². The van der Waals surface area contributed by atoms with Crippen LogP contribution in [0.2, 0.25) is 0 Å². The van der Waals surface area contributed by atoms with Crippen molar-refractivity contribution in [3.8, 4) is 5.75 Å². The molecule has 1 rings (SSSR count). The Balaban J connectivity index is 0.00000225. The molecule has 2 N–H and O–H groups in total. The van der Waals surface area contributed by atoms with Crippen molar-refractivity contribution in [2.75, 3.05) is 7.11 Å². The fraction of sp³-hybridized carbons (Fsp3) is 0.385. The van der Waals surface area contributed by atoms with Crippen LogP contribution in [0.5, 0.6) is 5.75 Å². The van der Waals surface area contributed by atoms with Crippen molar-refractivity contribution in [1.82, 2.24) is 0 Å². The van der Waals surface area contributed by atoms with Gasteiger partial charge in [0.1, 0.15) is 5.75 Å². The van der Waals surface area contributed by atoms with Crippen LogP contribution in [-0.4, -0.2) is 7.11 Å². The molecule has 0 aliphatic heterocycles. The third kappa shape index (κ3) is 3.87. The molecule has 2 nitrogen and oxygen atoms in total. The number of benzene rings is 1. The summed E-state index contributed by atoms with van der Waals surface area (Å²) in [4.78, 5) is 0. The van der Waals surface area contributed by atoms with Gasteiger partial charge in [-0.05, 0) is 43.5 Å². The number of hydrogen-bond acceptors (Lipinski definition) is 2. The Kier molecular flexibility index (Phi) is 6.16. The first-order chi connectivity index (χ1) is 7.04. The number of methoxy groups -OCH3 is 1. The molecule has 0 saturated heterocycles. The van der Waals surface area contributed by atoms with Crippen LogP contribution in [0.25, 0.3) is 0 Å². The Morgan fingerprint density at radius 3 is 2.56 bits per heavy atom. The van der Waals surface area contributed by atoms with Gasteiger partial charge in [0, 0.05) is 6.04 Å². The number of halogens is 1. The van der Waals surface area contributed by atoms with Crippen LogP contribution < -0.4 is 10.5 Å². The Morgan fingerprint density at radius 1 is 1.50 bits per heavy atom. The molecule has 0 aromatic heterocycles. The minimum Gasteiger partial charge on any atom is -0.497 e. The number of aryl methyl sites for hydroxylation is 1. The largest absolute Gasteiger partial charge is 0.497 e. The first-order valence-electron chi connectivity index (χ1n) is 5.09. The third-order valence-corrected chi connectivity index (χ3v) is 2.44. The van der Waals surface area contributed by atoms with Crippen LogP contribution in [0, 0.1) is 6.92 Å². The van der Waals surface area contributed by atoms with Crippen LogP contribution in [0.4, 0.5) is 0 Å². The lowest BCUT2D eigenvalue weighted by molar-refractivity contribution is 0.414. The van der Waals surface area contributed by atoms with E-state index in [1.54, 1.807) is 7.11 Å². The summed E-state index contributed by atoms with van der Waals surface area (Å²) in [6.07, 6.45) is 0.827. The van der Waals surface area contributed by atoms with Crippen LogP contribution in [0.15, 0.2) is 30.4 Å². The van der Waals surface area contributed by atoms with Crippen molar-refractivity contribution in [2.45, 2.75) is 26.3 Å².